The summed E-state index contributed by atoms with van der Waals surface area (Å²) in [7, 11) is 0. The van der Waals surface area contributed by atoms with Crippen LogP contribution in [0.25, 0.3) is 0 Å². The Hall–Kier alpha value is -1.38. The van der Waals surface area contributed by atoms with Crippen LogP contribution in [0.1, 0.15) is 22.2 Å². The first kappa shape index (κ1) is 17.0. The molecule has 5 nitrogen and oxygen atoms in total. The minimum Gasteiger partial charge on any atom is -0.503 e. The van der Waals surface area contributed by atoms with E-state index in [1.54, 1.807) is 18.2 Å². The van der Waals surface area contributed by atoms with E-state index in [1.807, 2.05) is 12.3 Å². The first-order valence-electron chi connectivity index (χ1n) is 6.25. The molecular weight excluding hydrogens is 436 g/mol. The quantitative estimate of drug-likeness (QED) is 0.534. The van der Waals surface area contributed by atoms with Gasteiger partial charge in [-0.15, -0.1) is 11.3 Å². The number of phenols is 1. The number of thiophene rings is 1. The number of nitrogens with zero attached hydrogens (tertiary/aromatic N) is 1. The first-order valence-corrected chi connectivity index (χ1v) is 8.71. The lowest BCUT2D eigenvalue weighted by molar-refractivity contribution is 0.0959. The van der Waals surface area contributed by atoms with Crippen molar-refractivity contribution in [1.29, 1.82) is 0 Å². The Morgan fingerprint density at radius 1 is 1.50 bits per heavy atom. The second-order valence-electron chi connectivity index (χ2n) is 4.05. The zero-order chi connectivity index (χ0) is 16.1. The predicted octanol–water partition coefficient (Wildman–Crippen LogP) is 4.14. The Morgan fingerprint density at radius 3 is 2.91 bits per heavy atom. The highest BCUT2D eigenvalue weighted by atomic mass is 79.9. The number of carbonyl (C=O) groups excluding carboxylic acids is 1. The molecule has 0 bridgehead atoms. The summed E-state index contributed by atoms with van der Waals surface area (Å²) in [5.74, 6) is 0.0716. The third-order valence-electron chi connectivity index (χ3n) is 2.59. The van der Waals surface area contributed by atoms with E-state index in [-0.39, 0.29) is 11.7 Å². The molecule has 116 valence electrons. The summed E-state index contributed by atoms with van der Waals surface area (Å²) in [6.07, 6.45) is 1.47. The number of hydrazone groups is 1. The maximum atomic E-state index is 11.8. The molecule has 0 aliphatic rings. The van der Waals surface area contributed by atoms with Crippen LogP contribution in [0.5, 0.6) is 11.5 Å². The maximum absolute atomic E-state index is 11.8. The number of phenolic OH excluding ortho intramolecular Hbond substituents is 1. The third-order valence-corrected chi connectivity index (χ3v) is 5.62. The molecule has 1 aromatic heterocycles. The molecule has 0 unspecified atom stereocenters. The smallest absolute Gasteiger partial charge is 0.281 e. The first-order chi connectivity index (χ1) is 10.5. The van der Waals surface area contributed by atoms with Crippen molar-refractivity contribution in [2.45, 2.75) is 6.92 Å². The average molecular weight is 448 g/mol. The van der Waals surface area contributed by atoms with Crippen LogP contribution in [0.2, 0.25) is 0 Å². The van der Waals surface area contributed by atoms with Gasteiger partial charge in [-0.25, -0.2) is 5.43 Å². The summed E-state index contributed by atoms with van der Waals surface area (Å²) < 4.78 is 6.43. The molecule has 1 aromatic carbocycles. The second-order valence-corrected chi connectivity index (χ2v) is 6.58. The molecule has 0 fully saturated rings. The van der Waals surface area contributed by atoms with Crippen LogP contribution >= 0.6 is 43.2 Å². The summed E-state index contributed by atoms with van der Waals surface area (Å²) in [6.45, 7) is 2.25. The van der Waals surface area contributed by atoms with E-state index in [9.17, 15) is 9.90 Å². The summed E-state index contributed by atoms with van der Waals surface area (Å²) in [4.78, 5) is 12.4. The van der Waals surface area contributed by atoms with Crippen LogP contribution in [-0.2, 0) is 0 Å². The molecule has 0 saturated heterocycles. The number of hydrogen-bond acceptors (Lipinski definition) is 5. The van der Waals surface area contributed by atoms with Crippen LogP contribution in [0.15, 0.2) is 37.6 Å². The molecule has 0 aliphatic carbocycles. The van der Waals surface area contributed by atoms with Crippen molar-refractivity contribution in [3.63, 3.8) is 0 Å². The van der Waals surface area contributed by atoms with Gasteiger partial charge in [0.15, 0.2) is 11.5 Å². The molecule has 1 amide bonds. The van der Waals surface area contributed by atoms with Crippen LogP contribution in [-0.4, -0.2) is 23.8 Å². The van der Waals surface area contributed by atoms with E-state index < -0.39 is 0 Å². The van der Waals surface area contributed by atoms with E-state index >= 15 is 0 Å². The van der Waals surface area contributed by atoms with Gasteiger partial charge in [-0.05, 0) is 56.3 Å². The number of rotatable bonds is 5. The molecule has 1 heterocycles. The predicted molar refractivity (Wildman–Crippen MR) is 94.1 cm³/mol. The van der Waals surface area contributed by atoms with E-state index in [1.165, 1.54) is 17.6 Å². The lowest BCUT2D eigenvalue weighted by Crippen LogP contribution is -2.16. The standard InChI is InChI=1S/C14H12Br2N2O3S/c1-2-21-9-6-8(11(15)12(16)13(9)19)7-17-18-14(20)10-4-3-5-22-10/h3-7,19H,2H2,1H3,(H,18,20)/b17-7+. The van der Waals surface area contributed by atoms with Gasteiger partial charge in [-0.1, -0.05) is 6.07 Å². The normalized spacial score (nSPS) is 10.9. The SMILES string of the molecule is CCOc1cc(/C=N/NC(=O)c2cccs2)c(Br)c(Br)c1O. The fourth-order valence-corrected chi connectivity index (χ4v) is 3.04. The van der Waals surface area contributed by atoms with Crippen LogP contribution in [0.4, 0.5) is 0 Å². The third kappa shape index (κ3) is 3.88. The summed E-state index contributed by atoms with van der Waals surface area (Å²) in [5, 5.41) is 15.7. The van der Waals surface area contributed by atoms with Gasteiger partial charge < -0.3 is 9.84 Å². The topological polar surface area (TPSA) is 70.9 Å². The van der Waals surface area contributed by atoms with Crippen LogP contribution in [0.3, 0.4) is 0 Å². The fraction of sp³-hybridized carbons (Fsp3) is 0.143. The van der Waals surface area contributed by atoms with Gasteiger partial charge in [0.25, 0.3) is 5.91 Å². The van der Waals surface area contributed by atoms with Gasteiger partial charge in [0.2, 0.25) is 0 Å². The number of amides is 1. The second kappa shape index (κ2) is 7.75. The van der Waals surface area contributed by atoms with Gasteiger partial charge in [0, 0.05) is 10.0 Å². The van der Waals surface area contributed by atoms with Crippen molar-refractivity contribution in [1.82, 2.24) is 5.43 Å². The van der Waals surface area contributed by atoms with E-state index in [2.05, 4.69) is 42.4 Å². The number of halogens is 2. The van der Waals surface area contributed by atoms with Crippen LogP contribution in [0, 0.1) is 0 Å². The van der Waals surface area contributed by atoms with Crippen molar-refractivity contribution < 1.29 is 14.6 Å². The van der Waals surface area contributed by atoms with Gasteiger partial charge in [-0.2, -0.15) is 5.10 Å². The Balaban J connectivity index is 2.18. The highest BCUT2D eigenvalue weighted by Crippen LogP contribution is 2.41. The maximum Gasteiger partial charge on any atom is 0.281 e. The summed E-state index contributed by atoms with van der Waals surface area (Å²) in [5.41, 5.74) is 3.10. The molecule has 2 aromatic rings. The lowest BCUT2D eigenvalue weighted by atomic mass is 10.2. The molecule has 2 rings (SSSR count). The van der Waals surface area contributed by atoms with Crippen molar-refractivity contribution in [3.05, 3.63) is 43.0 Å². The fourth-order valence-electron chi connectivity index (χ4n) is 1.59. The lowest BCUT2D eigenvalue weighted by Gasteiger charge is -2.10. The molecule has 2 N–H and O–H groups in total. The summed E-state index contributed by atoms with van der Waals surface area (Å²) in [6, 6.07) is 5.15. The van der Waals surface area contributed by atoms with Crippen LogP contribution < -0.4 is 10.2 Å². The van der Waals surface area contributed by atoms with Gasteiger partial charge in [0.1, 0.15) is 0 Å². The zero-order valence-electron chi connectivity index (χ0n) is 11.5. The monoisotopic (exact) mass is 446 g/mol. The number of benzene rings is 1. The van der Waals surface area contributed by atoms with Crippen molar-refractivity contribution >= 4 is 55.3 Å². The minimum absolute atomic E-state index is 0.00787. The van der Waals surface area contributed by atoms with Gasteiger partial charge >= 0.3 is 0 Å². The molecule has 0 spiro atoms. The highest BCUT2D eigenvalue weighted by molar-refractivity contribution is 9.13. The van der Waals surface area contributed by atoms with Gasteiger partial charge in [0.05, 0.1) is 22.2 Å². The number of hydrogen-bond donors (Lipinski definition) is 2. The van der Waals surface area contributed by atoms with Gasteiger partial charge in [-0.3, -0.25) is 4.79 Å². The molecule has 0 aliphatic heterocycles. The van der Waals surface area contributed by atoms with E-state index in [4.69, 9.17) is 4.74 Å². The van der Waals surface area contributed by atoms with E-state index in [0.29, 0.717) is 31.7 Å². The largest absolute Gasteiger partial charge is 0.503 e. The number of aromatic hydroxyl groups is 1. The molecular formula is C14H12Br2N2O3S. The Bertz CT molecular complexity index is 703. The highest BCUT2D eigenvalue weighted by Gasteiger charge is 2.14. The Labute approximate surface area is 148 Å². The summed E-state index contributed by atoms with van der Waals surface area (Å²) >= 11 is 7.97. The Kier molecular flexibility index (Phi) is 5.98. The zero-order valence-corrected chi connectivity index (χ0v) is 15.5. The van der Waals surface area contributed by atoms with Crippen molar-refractivity contribution in [2.75, 3.05) is 6.61 Å². The molecule has 0 atom stereocenters. The van der Waals surface area contributed by atoms with Crippen molar-refractivity contribution in [2.24, 2.45) is 5.10 Å². The molecule has 8 heteroatoms. The molecule has 0 saturated carbocycles. The minimum atomic E-state index is -0.273. The molecule has 0 radical (unpaired) electrons. The Morgan fingerprint density at radius 2 is 2.27 bits per heavy atom. The average Bonchev–Trinajstić information content (AvgIpc) is 3.04. The van der Waals surface area contributed by atoms with E-state index in [0.717, 1.165) is 0 Å². The number of ether oxygens (including phenoxy) is 1. The van der Waals surface area contributed by atoms with Crippen molar-refractivity contribution in [3.8, 4) is 11.5 Å². The molecule has 22 heavy (non-hydrogen) atoms. The number of nitrogens with one attached hydrogen (secondary N) is 1. The number of carbonyl (C=O) groups is 1.